The number of ether oxygens (including phenoxy) is 2. The second-order valence-electron chi connectivity index (χ2n) is 7.75. The average molecular weight is 413 g/mol. The van der Waals surface area contributed by atoms with Crippen molar-refractivity contribution in [3.8, 4) is 11.5 Å². The number of halogens is 2. The van der Waals surface area contributed by atoms with E-state index in [0.29, 0.717) is 23.3 Å². The topological polar surface area (TPSA) is 56.6 Å². The maximum absolute atomic E-state index is 14.6. The smallest absolute Gasteiger partial charge is 0.254 e. The van der Waals surface area contributed by atoms with E-state index in [9.17, 15) is 13.6 Å². The first-order valence-corrected chi connectivity index (χ1v) is 9.97. The van der Waals surface area contributed by atoms with Crippen LogP contribution in [0.25, 0.3) is 11.0 Å². The fourth-order valence-electron chi connectivity index (χ4n) is 3.97. The van der Waals surface area contributed by atoms with Gasteiger partial charge in [0.2, 0.25) is 0 Å². The highest BCUT2D eigenvalue weighted by molar-refractivity contribution is 5.99. The molecule has 0 bridgehead atoms. The van der Waals surface area contributed by atoms with Crippen LogP contribution in [0, 0.1) is 18.6 Å². The third-order valence-corrected chi connectivity index (χ3v) is 5.85. The van der Waals surface area contributed by atoms with Crippen LogP contribution >= 0.6 is 0 Å². The molecule has 8 heteroatoms. The first-order chi connectivity index (χ1) is 14.4. The molecule has 1 amide bonds. The molecule has 0 aliphatic carbocycles. The van der Waals surface area contributed by atoms with Gasteiger partial charge in [-0.15, -0.1) is 0 Å². The first kappa shape index (κ1) is 18.8. The summed E-state index contributed by atoms with van der Waals surface area (Å²) in [6.45, 7) is 3.62. The summed E-state index contributed by atoms with van der Waals surface area (Å²) >= 11 is 0. The molecule has 2 aliphatic rings. The summed E-state index contributed by atoms with van der Waals surface area (Å²) in [6, 6.07) is 5.48. The maximum Gasteiger partial charge on any atom is 0.254 e. The van der Waals surface area contributed by atoms with E-state index in [1.165, 1.54) is 0 Å². The highest BCUT2D eigenvalue weighted by Gasteiger charge is 2.30. The zero-order chi connectivity index (χ0) is 21.0. The molecule has 1 fully saturated rings. The normalized spacial score (nSPS) is 18.0. The number of likely N-dealkylation sites (tertiary alicyclic amines) is 1. The van der Waals surface area contributed by atoms with Crippen LogP contribution in [0.5, 0.6) is 11.5 Å². The number of aryl methyl sites for hydroxylation is 2. The minimum atomic E-state index is -0.712. The summed E-state index contributed by atoms with van der Waals surface area (Å²) in [5.74, 6) is -0.157. The largest absolute Gasteiger partial charge is 0.493 e. The van der Waals surface area contributed by atoms with E-state index >= 15 is 0 Å². The Hall–Kier alpha value is -3.16. The Bertz CT molecular complexity index is 1170. The van der Waals surface area contributed by atoms with Crippen LogP contribution in [0.3, 0.4) is 0 Å². The fraction of sp³-hybridized carbons (Fsp3) is 0.364. The maximum atomic E-state index is 14.6. The quantitative estimate of drug-likeness (QED) is 0.653. The van der Waals surface area contributed by atoms with Crippen LogP contribution in [-0.4, -0.2) is 40.1 Å². The Kier molecular flexibility index (Phi) is 4.38. The molecule has 0 radical (unpaired) electrons. The average Bonchev–Trinajstić information content (AvgIpc) is 2.94. The second-order valence-corrected chi connectivity index (χ2v) is 7.75. The van der Waals surface area contributed by atoms with Crippen LogP contribution in [0.1, 0.15) is 40.7 Å². The van der Waals surface area contributed by atoms with E-state index in [-0.39, 0.29) is 23.8 Å². The van der Waals surface area contributed by atoms with Crippen molar-refractivity contribution in [1.29, 1.82) is 0 Å². The van der Waals surface area contributed by atoms with Crippen LogP contribution in [0.15, 0.2) is 24.3 Å². The van der Waals surface area contributed by atoms with Gasteiger partial charge in [-0.25, -0.2) is 13.8 Å². The van der Waals surface area contributed by atoms with Crippen LogP contribution < -0.4 is 9.47 Å². The predicted octanol–water partition coefficient (Wildman–Crippen LogP) is 3.91. The van der Waals surface area contributed by atoms with Gasteiger partial charge in [-0.1, -0.05) is 0 Å². The summed E-state index contributed by atoms with van der Waals surface area (Å²) in [7, 11) is 1.87. The molecule has 6 nitrogen and oxygen atoms in total. The van der Waals surface area contributed by atoms with E-state index in [0.717, 1.165) is 43.0 Å². The standard InChI is InChI=1S/C22H21F2N3O3/c1-12-25-21-16(26(12)2)8-13(22(28)27-5-3-6-27)9-19(21)30-17-4-7-29-18-11-14(23)10-15(24)20(17)18/h8-11,17H,3-7H2,1-2H3. The van der Waals surface area contributed by atoms with Crippen molar-refractivity contribution in [3.05, 3.63) is 52.9 Å². The van der Waals surface area contributed by atoms with Gasteiger partial charge in [-0.3, -0.25) is 4.79 Å². The van der Waals surface area contributed by atoms with Crippen LogP contribution in [-0.2, 0) is 7.05 Å². The molecule has 3 aromatic rings. The molecule has 0 N–H and O–H groups in total. The van der Waals surface area contributed by atoms with E-state index in [4.69, 9.17) is 9.47 Å². The molecule has 3 heterocycles. The van der Waals surface area contributed by atoms with E-state index < -0.39 is 17.7 Å². The number of imidazole rings is 1. The van der Waals surface area contributed by atoms with Crippen LogP contribution in [0.2, 0.25) is 0 Å². The van der Waals surface area contributed by atoms with Gasteiger partial charge in [0.1, 0.15) is 40.6 Å². The molecule has 1 aromatic heterocycles. The van der Waals surface area contributed by atoms with Gasteiger partial charge in [0.15, 0.2) is 0 Å². The summed E-state index contributed by atoms with van der Waals surface area (Å²) in [5, 5.41) is 0. The molecular weight excluding hydrogens is 392 g/mol. The summed E-state index contributed by atoms with van der Waals surface area (Å²) in [5.41, 5.74) is 2.06. The lowest BCUT2D eigenvalue weighted by atomic mass is 10.0. The lowest BCUT2D eigenvalue weighted by molar-refractivity contribution is 0.0650. The van der Waals surface area contributed by atoms with Gasteiger partial charge in [0.25, 0.3) is 5.91 Å². The molecule has 1 unspecified atom stereocenters. The Morgan fingerprint density at radius 1 is 1.23 bits per heavy atom. The minimum Gasteiger partial charge on any atom is -0.493 e. The Morgan fingerprint density at radius 2 is 2.03 bits per heavy atom. The third kappa shape index (κ3) is 2.98. The number of hydrogen-bond acceptors (Lipinski definition) is 4. The molecule has 0 spiro atoms. The number of aromatic nitrogens is 2. The van der Waals surface area contributed by atoms with E-state index in [2.05, 4.69) is 4.98 Å². The monoisotopic (exact) mass is 413 g/mol. The lowest BCUT2D eigenvalue weighted by Crippen LogP contribution is -2.42. The second kappa shape index (κ2) is 6.97. The highest BCUT2D eigenvalue weighted by atomic mass is 19.1. The summed E-state index contributed by atoms with van der Waals surface area (Å²) < 4.78 is 41.7. The Labute approximate surface area is 172 Å². The third-order valence-electron chi connectivity index (χ3n) is 5.85. The van der Waals surface area contributed by atoms with Crippen molar-refractivity contribution in [2.45, 2.75) is 25.9 Å². The number of benzene rings is 2. The Morgan fingerprint density at radius 3 is 2.77 bits per heavy atom. The molecule has 5 rings (SSSR count). The lowest BCUT2D eigenvalue weighted by Gasteiger charge is -2.31. The van der Waals surface area contributed by atoms with E-state index in [1.807, 2.05) is 24.6 Å². The molecule has 1 atom stereocenters. The molecule has 2 aromatic carbocycles. The number of nitrogens with zero attached hydrogens (tertiary/aromatic N) is 3. The number of hydrogen-bond donors (Lipinski definition) is 0. The van der Waals surface area contributed by atoms with Gasteiger partial charge >= 0.3 is 0 Å². The highest BCUT2D eigenvalue weighted by Crippen LogP contribution is 2.40. The molecule has 2 aliphatic heterocycles. The van der Waals surface area contributed by atoms with Crippen LogP contribution in [0.4, 0.5) is 8.78 Å². The van der Waals surface area contributed by atoms with Crippen molar-refractivity contribution in [2.75, 3.05) is 19.7 Å². The molecule has 0 saturated carbocycles. The zero-order valence-electron chi connectivity index (χ0n) is 16.7. The van der Waals surface area contributed by atoms with Gasteiger partial charge in [0, 0.05) is 44.3 Å². The molecule has 30 heavy (non-hydrogen) atoms. The van der Waals surface area contributed by atoms with Crippen molar-refractivity contribution in [3.63, 3.8) is 0 Å². The zero-order valence-corrected chi connectivity index (χ0v) is 16.7. The first-order valence-electron chi connectivity index (χ1n) is 9.97. The van der Waals surface area contributed by atoms with Crippen molar-refractivity contribution in [2.24, 2.45) is 7.05 Å². The number of amides is 1. The van der Waals surface area contributed by atoms with Crippen molar-refractivity contribution in [1.82, 2.24) is 14.5 Å². The SMILES string of the molecule is Cc1nc2c(OC3CCOc4cc(F)cc(F)c43)cc(C(=O)N3CCC3)cc2n1C. The van der Waals surface area contributed by atoms with Gasteiger partial charge < -0.3 is 18.9 Å². The number of rotatable bonds is 3. The Balaban J connectivity index is 1.59. The minimum absolute atomic E-state index is 0.0625. The van der Waals surface area contributed by atoms with Gasteiger partial charge in [0.05, 0.1) is 17.7 Å². The molecule has 156 valence electrons. The van der Waals surface area contributed by atoms with Gasteiger partial charge in [-0.05, 0) is 25.5 Å². The number of fused-ring (bicyclic) bond motifs is 2. The molecular formula is C22H21F2N3O3. The number of carbonyl (C=O) groups excluding carboxylic acids is 1. The predicted molar refractivity (Wildman–Crippen MR) is 106 cm³/mol. The summed E-state index contributed by atoms with van der Waals surface area (Å²) in [6.07, 6.45) is 0.721. The fourth-order valence-corrected chi connectivity index (χ4v) is 3.97. The van der Waals surface area contributed by atoms with Crippen molar-refractivity contribution < 1.29 is 23.0 Å². The summed E-state index contributed by atoms with van der Waals surface area (Å²) in [4.78, 5) is 19.2. The van der Waals surface area contributed by atoms with E-state index in [1.54, 1.807) is 11.0 Å². The number of carbonyl (C=O) groups is 1. The van der Waals surface area contributed by atoms with Crippen molar-refractivity contribution >= 4 is 16.9 Å². The molecule has 1 saturated heterocycles. The van der Waals surface area contributed by atoms with Gasteiger partial charge in [-0.2, -0.15) is 0 Å².